The zero-order valence-electron chi connectivity index (χ0n) is 26.5. The number of nitrogens with one attached hydrogen (secondary N) is 5. The predicted molar refractivity (Wildman–Crippen MR) is 165 cm³/mol. The normalized spacial score (nSPS) is 18.2. The monoisotopic (exact) mass is 690 g/mol. The van der Waals surface area contributed by atoms with Crippen LogP contribution in [-0.2, 0) is 48.3 Å². The molecule has 19 heteroatoms. The summed E-state index contributed by atoms with van der Waals surface area (Å²) >= 11 is 0. The van der Waals surface area contributed by atoms with E-state index in [9.17, 15) is 41.7 Å². The van der Waals surface area contributed by atoms with E-state index in [0.717, 1.165) is 42.7 Å². The fraction of sp³-hybridized carbons (Fsp3) is 0.714. The van der Waals surface area contributed by atoms with Crippen LogP contribution in [0.15, 0.2) is 12.2 Å². The highest BCUT2D eigenvalue weighted by Gasteiger charge is 2.32. The SMILES string of the molecule is C[C@@H]1NC(=O)N[C@@H]1CCCCCC(=O)NCCOCCOCCOCCNC(=O)C(CNC(=O)CCN1C(=O)C=CC1=O)S(=O)(=O)O. The van der Waals surface area contributed by atoms with Crippen LogP contribution in [0.3, 0.4) is 0 Å². The van der Waals surface area contributed by atoms with E-state index in [1.165, 1.54) is 0 Å². The maximum Gasteiger partial charge on any atom is 0.315 e. The Hall–Kier alpha value is -3.65. The summed E-state index contributed by atoms with van der Waals surface area (Å²) in [5.41, 5.74) is 0. The molecule has 0 bridgehead atoms. The third-order valence-electron chi connectivity index (χ3n) is 7.16. The summed E-state index contributed by atoms with van der Waals surface area (Å²) in [7, 11) is -4.85. The van der Waals surface area contributed by atoms with Gasteiger partial charge in [0.2, 0.25) is 17.7 Å². The Morgan fingerprint density at radius 1 is 0.830 bits per heavy atom. The van der Waals surface area contributed by atoms with Crippen LogP contribution < -0.4 is 26.6 Å². The molecule has 7 amide bonds. The number of carbonyl (C=O) groups excluding carboxylic acids is 6. The number of urea groups is 1. The molecule has 1 unspecified atom stereocenters. The molecule has 0 aromatic rings. The van der Waals surface area contributed by atoms with Crippen LogP contribution >= 0.6 is 0 Å². The number of rotatable bonds is 25. The molecule has 0 radical (unpaired) electrons. The largest absolute Gasteiger partial charge is 0.377 e. The van der Waals surface area contributed by atoms with Gasteiger partial charge >= 0.3 is 6.03 Å². The van der Waals surface area contributed by atoms with Crippen LogP contribution in [0.2, 0.25) is 0 Å². The molecule has 6 N–H and O–H groups in total. The fourth-order valence-corrected chi connectivity index (χ4v) is 5.19. The molecule has 266 valence electrons. The van der Waals surface area contributed by atoms with Gasteiger partial charge in [0.15, 0.2) is 5.25 Å². The smallest absolute Gasteiger partial charge is 0.315 e. The van der Waals surface area contributed by atoms with Crippen molar-refractivity contribution in [3.8, 4) is 0 Å². The number of ether oxygens (including phenoxy) is 3. The van der Waals surface area contributed by atoms with E-state index in [1.807, 2.05) is 6.92 Å². The fourth-order valence-electron chi connectivity index (χ4n) is 4.54. The van der Waals surface area contributed by atoms with Crippen LogP contribution in [0.4, 0.5) is 4.79 Å². The van der Waals surface area contributed by atoms with Crippen molar-refractivity contribution in [1.29, 1.82) is 0 Å². The van der Waals surface area contributed by atoms with Gasteiger partial charge in [-0.2, -0.15) is 8.42 Å². The number of amides is 7. The van der Waals surface area contributed by atoms with Crippen molar-refractivity contribution < 1.29 is 55.9 Å². The summed E-state index contributed by atoms with van der Waals surface area (Å²) in [6.45, 7) is 2.74. The standard InChI is InChI=1S/C28H46N6O12S/c1-20-21(33-28(40)32-20)5-3-2-4-6-23(35)29-10-13-44-15-17-46-18-16-45-14-11-30-27(39)22(47(41,42)43)19-31-24(36)9-12-34-25(37)7-8-26(34)38/h7-8,20-22H,2-6,9-19H2,1H3,(H,29,35)(H,30,39)(H,31,36)(H2,32,33,40)(H,41,42,43)/t20-,21+,22?/m0/s1. The molecule has 1 saturated heterocycles. The first-order valence-corrected chi connectivity index (χ1v) is 17.0. The minimum atomic E-state index is -4.85. The minimum Gasteiger partial charge on any atom is -0.377 e. The molecule has 2 aliphatic heterocycles. The number of hydrogen-bond acceptors (Lipinski definition) is 11. The molecule has 0 saturated carbocycles. The van der Waals surface area contributed by atoms with Crippen LogP contribution in [0.1, 0.15) is 45.4 Å². The van der Waals surface area contributed by atoms with Crippen molar-refractivity contribution in [3.05, 3.63) is 12.2 Å². The summed E-state index contributed by atoms with van der Waals surface area (Å²) in [6.07, 6.45) is 5.73. The van der Waals surface area contributed by atoms with Gasteiger partial charge in [-0.15, -0.1) is 0 Å². The van der Waals surface area contributed by atoms with Gasteiger partial charge in [0.05, 0.1) is 45.7 Å². The van der Waals surface area contributed by atoms with Crippen molar-refractivity contribution in [2.24, 2.45) is 0 Å². The maximum atomic E-state index is 12.3. The van der Waals surface area contributed by atoms with Crippen molar-refractivity contribution >= 4 is 45.7 Å². The van der Waals surface area contributed by atoms with E-state index >= 15 is 0 Å². The van der Waals surface area contributed by atoms with Crippen molar-refractivity contribution in [2.75, 3.05) is 65.8 Å². The van der Waals surface area contributed by atoms with E-state index in [-0.39, 0.29) is 63.4 Å². The average molecular weight is 691 g/mol. The molecule has 0 spiro atoms. The molecule has 47 heavy (non-hydrogen) atoms. The minimum absolute atomic E-state index is 0.0250. The molecule has 2 rings (SSSR count). The maximum absolute atomic E-state index is 12.3. The predicted octanol–water partition coefficient (Wildman–Crippen LogP) is -2.02. The van der Waals surface area contributed by atoms with Gasteiger partial charge in [0.1, 0.15) is 0 Å². The van der Waals surface area contributed by atoms with Crippen molar-refractivity contribution in [1.82, 2.24) is 31.5 Å². The van der Waals surface area contributed by atoms with Gasteiger partial charge in [0.25, 0.3) is 21.9 Å². The molecular formula is C28H46N6O12S. The van der Waals surface area contributed by atoms with Crippen molar-refractivity contribution in [2.45, 2.75) is 62.8 Å². The molecule has 0 aromatic heterocycles. The van der Waals surface area contributed by atoms with E-state index in [1.54, 1.807) is 0 Å². The highest BCUT2D eigenvalue weighted by molar-refractivity contribution is 7.87. The quantitative estimate of drug-likeness (QED) is 0.0345. The summed E-state index contributed by atoms with van der Waals surface area (Å²) < 4.78 is 48.8. The first-order chi connectivity index (χ1) is 22.4. The van der Waals surface area contributed by atoms with Crippen molar-refractivity contribution in [3.63, 3.8) is 0 Å². The lowest BCUT2D eigenvalue weighted by molar-refractivity contribution is -0.137. The Morgan fingerprint density at radius 3 is 1.98 bits per heavy atom. The van der Waals surface area contributed by atoms with Crippen LogP contribution in [0.25, 0.3) is 0 Å². The molecule has 1 fully saturated rings. The third kappa shape index (κ3) is 16.1. The van der Waals surface area contributed by atoms with E-state index in [2.05, 4.69) is 26.6 Å². The molecule has 0 aromatic carbocycles. The highest BCUT2D eigenvalue weighted by Crippen LogP contribution is 2.11. The van der Waals surface area contributed by atoms with Gasteiger partial charge < -0.3 is 40.8 Å². The molecule has 3 atom stereocenters. The van der Waals surface area contributed by atoms with Crippen LogP contribution in [0.5, 0.6) is 0 Å². The van der Waals surface area contributed by atoms with Gasteiger partial charge in [-0.1, -0.05) is 12.8 Å². The summed E-state index contributed by atoms with van der Waals surface area (Å²) in [5, 5.41) is 11.0. The summed E-state index contributed by atoms with van der Waals surface area (Å²) in [5.74, 6) is -2.95. The Bertz CT molecular complexity index is 1200. The van der Waals surface area contributed by atoms with Crippen LogP contribution in [0, 0.1) is 0 Å². The first kappa shape index (κ1) is 39.5. The first-order valence-electron chi connectivity index (χ1n) is 15.5. The molecule has 2 aliphatic rings. The number of hydrogen-bond donors (Lipinski definition) is 6. The number of nitrogens with zero attached hydrogens (tertiary/aromatic N) is 1. The Labute approximate surface area is 273 Å². The van der Waals surface area contributed by atoms with E-state index < -0.39 is 45.5 Å². The summed E-state index contributed by atoms with van der Waals surface area (Å²) in [6, 6.07) is 0.124. The Kier molecular flexibility index (Phi) is 17.9. The second-order valence-corrected chi connectivity index (χ2v) is 12.4. The van der Waals surface area contributed by atoms with Gasteiger partial charge in [-0.25, -0.2) is 4.79 Å². The zero-order chi connectivity index (χ0) is 34.7. The second-order valence-electron chi connectivity index (χ2n) is 10.8. The lowest BCUT2D eigenvalue weighted by Crippen LogP contribution is -2.48. The van der Waals surface area contributed by atoms with Crippen LogP contribution in [-0.4, -0.2) is 137 Å². The van der Waals surface area contributed by atoms with Gasteiger partial charge in [-0.05, 0) is 19.8 Å². The molecular weight excluding hydrogens is 644 g/mol. The van der Waals surface area contributed by atoms with E-state index in [0.29, 0.717) is 32.8 Å². The molecule has 0 aliphatic carbocycles. The Balaban J connectivity index is 1.40. The lowest BCUT2D eigenvalue weighted by atomic mass is 10.0. The average Bonchev–Trinajstić information content (AvgIpc) is 3.50. The lowest BCUT2D eigenvalue weighted by Gasteiger charge is -2.16. The number of unbranched alkanes of at least 4 members (excludes halogenated alkanes) is 2. The zero-order valence-corrected chi connectivity index (χ0v) is 27.3. The molecule has 2 heterocycles. The highest BCUT2D eigenvalue weighted by atomic mass is 32.2. The Morgan fingerprint density at radius 2 is 1.40 bits per heavy atom. The number of carbonyl (C=O) groups is 6. The summed E-state index contributed by atoms with van der Waals surface area (Å²) in [4.78, 5) is 71.3. The molecule has 18 nitrogen and oxygen atoms in total. The number of imide groups is 1. The van der Waals surface area contributed by atoms with Gasteiger partial charge in [-0.3, -0.25) is 33.4 Å². The van der Waals surface area contributed by atoms with Gasteiger partial charge in [0, 0.05) is 57.2 Å². The van der Waals surface area contributed by atoms with E-state index in [4.69, 9.17) is 14.2 Å². The third-order valence-corrected chi connectivity index (χ3v) is 8.26. The second kappa shape index (κ2) is 21.3. The topological polar surface area (TPSA) is 248 Å².